The monoisotopic (exact) mass is 447 g/mol. The molecule has 1 saturated heterocycles. The Labute approximate surface area is 170 Å². The second-order valence-electron chi connectivity index (χ2n) is 6.82. The van der Waals surface area contributed by atoms with Gasteiger partial charge in [0.2, 0.25) is 5.91 Å². The first-order chi connectivity index (χ1) is 13.2. The van der Waals surface area contributed by atoms with Crippen LogP contribution in [-0.4, -0.2) is 29.3 Å². The maximum atomic E-state index is 13.3. The predicted octanol–water partition coefficient (Wildman–Crippen LogP) is 2.98. The van der Waals surface area contributed by atoms with E-state index in [4.69, 9.17) is 0 Å². The Morgan fingerprint density at radius 1 is 1.25 bits per heavy atom. The van der Waals surface area contributed by atoms with Crippen molar-refractivity contribution < 1.29 is 18.8 Å². The molecule has 1 fully saturated rings. The number of hydrogen-bond acceptors (Lipinski definition) is 3. The second kappa shape index (κ2) is 7.71. The van der Waals surface area contributed by atoms with Crippen molar-refractivity contribution in [1.29, 1.82) is 0 Å². The van der Waals surface area contributed by atoms with Crippen molar-refractivity contribution in [2.24, 2.45) is 0 Å². The van der Waals surface area contributed by atoms with Gasteiger partial charge in [-0.2, -0.15) is 0 Å². The zero-order valence-corrected chi connectivity index (χ0v) is 17.0. The molecule has 0 bridgehead atoms. The number of urea groups is 1. The molecule has 8 heteroatoms. The normalized spacial score (nSPS) is 18.9. The molecule has 1 aliphatic rings. The second-order valence-corrected chi connectivity index (χ2v) is 7.73. The molecule has 2 N–H and O–H groups in total. The standard InChI is InChI=1S/C20H19BrFN3O3/c1-12-8-13(6-7-16(12)22)10-23-17(26)11-25-18(27)20(2,24-19(25)28)14-4-3-5-15(21)9-14/h3-9H,10-11H2,1-2H3,(H,23,26)(H,24,28). The fourth-order valence-electron chi connectivity index (χ4n) is 3.05. The molecule has 3 rings (SSSR count). The van der Waals surface area contributed by atoms with Crippen molar-refractivity contribution in [1.82, 2.24) is 15.5 Å². The Balaban J connectivity index is 1.66. The summed E-state index contributed by atoms with van der Waals surface area (Å²) < 4.78 is 14.1. The van der Waals surface area contributed by atoms with E-state index in [-0.39, 0.29) is 12.4 Å². The van der Waals surface area contributed by atoms with Gasteiger partial charge in [-0.3, -0.25) is 14.5 Å². The lowest BCUT2D eigenvalue weighted by Gasteiger charge is -2.22. The lowest BCUT2D eigenvalue weighted by atomic mass is 9.92. The number of nitrogens with one attached hydrogen (secondary N) is 2. The van der Waals surface area contributed by atoms with Crippen molar-refractivity contribution in [3.05, 3.63) is 69.4 Å². The van der Waals surface area contributed by atoms with Crippen molar-refractivity contribution in [2.45, 2.75) is 25.9 Å². The molecule has 1 heterocycles. The predicted molar refractivity (Wildman–Crippen MR) is 105 cm³/mol. The van der Waals surface area contributed by atoms with Crippen LogP contribution < -0.4 is 10.6 Å². The van der Waals surface area contributed by atoms with Crippen LogP contribution in [0.5, 0.6) is 0 Å². The Morgan fingerprint density at radius 3 is 2.68 bits per heavy atom. The van der Waals surface area contributed by atoms with Crippen LogP contribution in [0, 0.1) is 12.7 Å². The van der Waals surface area contributed by atoms with Crippen LogP contribution in [0.1, 0.15) is 23.6 Å². The molecule has 1 aliphatic heterocycles. The minimum absolute atomic E-state index is 0.173. The third kappa shape index (κ3) is 3.91. The highest BCUT2D eigenvalue weighted by Crippen LogP contribution is 2.30. The highest BCUT2D eigenvalue weighted by Gasteiger charge is 2.49. The molecule has 4 amide bonds. The van der Waals surface area contributed by atoms with Gasteiger partial charge in [-0.05, 0) is 48.7 Å². The minimum Gasteiger partial charge on any atom is -0.350 e. The van der Waals surface area contributed by atoms with Gasteiger partial charge in [0.1, 0.15) is 17.9 Å². The third-order valence-corrected chi connectivity index (χ3v) is 5.18. The molecule has 1 unspecified atom stereocenters. The number of aryl methyl sites for hydroxylation is 1. The van der Waals surface area contributed by atoms with Crippen LogP contribution in [0.15, 0.2) is 46.9 Å². The molecule has 146 valence electrons. The van der Waals surface area contributed by atoms with E-state index in [1.807, 2.05) is 6.07 Å². The van der Waals surface area contributed by atoms with E-state index in [1.54, 1.807) is 44.2 Å². The average molecular weight is 448 g/mol. The van der Waals surface area contributed by atoms with E-state index in [0.29, 0.717) is 11.1 Å². The van der Waals surface area contributed by atoms with Gasteiger partial charge >= 0.3 is 6.03 Å². The van der Waals surface area contributed by atoms with Gasteiger partial charge in [-0.25, -0.2) is 9.18 Å². The Bertz CT molecular complexity index is 965. The van der Waals surface area contributed by atoms with Crippen LogP contribution in [-0.2, 0) is 21.7 Å². The van der Waals surface area contributed by atoms with E-state index < -0.39 is 29.9 Å². The van der Waals surface area contributed by atoms with Gasteiger partial charge < -0.3 is 10.6 Å². The molecule has 0 radical (unpaired) electrons. The maximum absolute atomic E-state index is 13.3. The molecular formula is C20H19BrFN3O3. The third-order valence-electron chi connectivity index (χ3n) is 4.69. The fourth-order valence-corrected chi connectivity index (χ4v) is 3.45. The van der Waals surface area contributed by atoms with Crippen LogP contribution in [0.3, 0.4) is 0 Å². The summed E-state index contributed by atoms with van der Waals surface area (Å²) in [5.41, 5.74) is 0.578. The summed E-state index contributed by atoms with van der Waals surface area (Å²) in [4.78, 5) is 38.3. The largest absolute Gasteiger partial charge is 0.350 e. The number of halogens is 2. The van der Waals surface area contributed by atoms with E-state index in [1.165, 1.54) is 6.07 Å². The topological polar surface area (TPSA) is 78.5 Å². The van der Waals surface area contributed by atoms with Gasteiger partial charge in [0, 0.05) is 11.0 Å². The molecule has 28 heavy (non-hydrogen) atoms. The number of nitrogens with zero attached hydrogens (tertiary/aromatic N) is 1. The molecule has 0 spiro atoms. The number of carbonyl (C=O) groups excluding carboxylic acids is 3. The van der Waals surface area contributed by atoms with Crippen LogP contribution in [0.25, 0.3) is 0 Å². The summed E-state index contributed by atoms with van der Waals surface area (Å²) in [7, 11) is 0. The molecule has 0 aromatic heterocycles. The number of benzene rings is 2. The zero-order valence-electron chi connectivity index (χ0n) is 15.4. The zero-order chi connectivity index (χ0) is 20.5. The van der Waals surface area contributed by atoms with Crippen molar-refractivity contribution in [3.8, 4) is 0 Å². The lowest BCUT2D eigenvalue weighted by Crippen LogP contribution is -2.43. The molecule has 0 aliphatic carbocycles. The molecule has 2 aromatic rings. The minimum atomic E-state index is -1.24. The Morgan fingerprint density at radius 2 is 2.00 bits per heavy atom. The quantitative estimate of drug-likeness (QED) is 0.691. The molecule has 6 nitrogen and oxygen atoms in total. The first kappa shape index (κ1) is 20.0. The summed E-state index contributed by atoms with van der Waals surface area (Å²) in [6.45, 7) is 3.02. The van der Waals surface area contributed by atoms with E-state index >= 15 is 0 Å². The van der Waals surface area contributed by atoms with Gasteiger partial charge in [0.05, 0.1) is 0 Å². The summed E-state index contributed by atoms with van der Waals surface area (Å²) in [6.07, 6.45) is 0. The first-order valence-electron chi connectivity index (χ1n) is 8.62. The highest BCUT2D eigenvalue weighted by molar-refractivity contribution is 9.10. The van der Waals surface area contributed by atoms with Crippen LogP contribution in [0.2, 0.25) is 0 Å². The summed E-state index contributed by atoms with van der Waals surface area (Å²) in [5.74, 6) is -1.30. The molecular weight excluding hydrogens is 429 g/mol. The first-order valence-corrected chi connectivity index (χ1v) is 9.42. The lowest BCUT2D eigenvalue weighted by molar-refractivity contribution is -0.134. The van der Waals surface area contributed by atoms with Crippen molar-refractivity contribution >= 4 is 33.8 Å². The number of hydrogen-bond donors (Lipinski definition) is 2. The number of imide groups is 1. The molecule has 2 aromatic carbocycles. The molecule has 0 saturated carbocycles. The fraction of sp³-hybridized carbons (Fsp3) is 0.250. The number of rotatable bonds is 5. The van der Waals surface area contributed by atoms with Crippen LogP contribution >= 0.6 is 15.9 Å². The summed E-state index contributed by atoms with van der Waals surface area (Å²) in [5, 5.41) is 5.31. The van der Waals surface area contributed by atoms with Crippen molar-refractivity contribution in [2.75, 3.05) is 6.54 Å². The number of amides is 4. The van der Waals surface area contributed by atoms with Gasteiger partial charge in [-0.15, -0.1) is 0 Å². The number of carbonyl (C=O) groups is 3. The SMILES string of the molecule is Cc1cc(CNC(=O)CN2C(=O)NC(C)(c3cccc(Br)c3)C2=O)ccc1F. The summed E-state index contributed by atoms with van der Waals surface area (Å²) in [6, 6.07) is 11.0. The Hall–Kier alpha value is -2.74. The Kier molecular flexibility index (Phi) is 5.51. The smallest absolute Gasteiger partial charge is 0.325 e. The van der Waals surface area contributed by atoms with Crippen molar-refractivity contribution in [3.63, 3.8) is 0 Å². The van der Waals surface area contributed by atoms with E-state index in [0.717, 1.165) is 14.9 Å². The van der Waals surface area contributed by atoms with E-state index in [9.17, 15) is 18.8 Å². The summed E-state index contributed by atoms with van der Waals surface area (Å²) >= 11 is 3.35. The van der Waals surface area contributed by atoms with Crippen LogP contribution in [0.4, 0.5) is 9.18 Å². The maximum Gasteiger partial charge on any atom is 0.325 e. The van der Waals surface area contributed by atoms with Gasteiger partial charge in [-0.1, -0.05) is 40.2 Å². The average Bonchev–Trinajstić information content (AvgIpc) is 2.87. The highest BCUT2D eigenvalue weighted by atomic mass is 79.9. The molecule has 1 atom stereocenters. The van der Waals surface area contributed by atoms with Gasteiger partial charge in [0.15, 0.2) is 0 Å². The van der Waals surface area contributed by atoms with E-state index in [2.05, 4.69) is 26.6 Å². The van der Waals surface area contributed by atoms with Gasteiger partial charge in [0.25, 0.3) is 5.91 Å².